The second kappa shape index (κ2) is 3.94. The highest BCUT2D eigenvalue weighted by Gasteiger charge is 1.92. The van der Waals surface area contributed by atoms with Crippen molar-refractivity contribution in [1.29, 1.82) is 0 Å². The largest absolute Gasteiger partial charge is 0.497 e. The first kappa shape index (κ1) is 8.02. The lowest BCUT2D eigenvalue weighted by Gasteiger charge is -1.98. The molecule has 1 aromatic carbocycles. The van der Waals surface area contributed by atoms with Crippen molar-refractivity contribution in [2.45, 2.75) is 0 Å². The zero-order chi connectivity index (χ0) is 8.10. The number of hydrogen-bond acceptors (Lipinski definition) is 3. The van der Waals surface area contributed by atoms with E-state index in [0.717, 1.165) is 5.75 Å². The van der Waals surface area contributed by atoms with Gasteiger partial charge in [0.05, 0.1) is 7.11 Å². The molecule has 0 unspecified atom stereocenters. The Morgan fingerprint density at radius 3 is 2.18 bits per heavy atom. The van der Waals surface area contributed by atoms with Gasteiger partial charge in [0.2, 0.25) is 0 Å². The first-order valence-corrected chi connectivity index (χ1v) is 3.73. The number of methoxy groups -OCH3 is 1. The van der Waals surface area contributed by atoms with E-state index >= 15 is 0 Å². The maximum atomic E-state index is 9.97. The van der Waals surface area contributed by atoms with Gasteiger partial charge in [-0.2, -0.15) is 0 Å². The average Bonchev–Trinajstić information content (AvgIpc) is 2.07. The van der Waals surface area contributed by atoms with Crippen LogP contribution in [0.2, 0.25) is 0 Å². The Bertz CT molecular complexity index is 232. The molecule has 0 aliphatic rings. The Balaban J connectivity index is 2.74. The molecular formula is C7H7O3P. The van der Waals surface area contributed by atoms with Crippen LogP contribution in [0.1, 0.15) is 0 Å². The molecule has 0 spiro atoms. The predicted molar refractivity (Wildman–Crippen MR) is 41.2 cm³/mol. The Morgan fingerprint density at radius 2 is 1.73 bits per heavy atom. The summed E-state index contributed by atoms with van der Waals surface area (Å²) in [5.74, 6) is 1.31. The molecule has 0 heterocycles. The molecule has 0 aliphatic carbocycles. The fraction of sp³-hybridized carbons (Fsp3) is 0.143. The van der Waals surface area contributed by atoms with Crippen molar-refractivity contribution in [3.05, 3.63) is 24.3 Å². The third kappa shape index (κ3) is 2.20. The van der Waals surface area contributed by atoms with Crippen molar-refractivity contribution < 1.29 is 13.8 Å². The standard InChI is InChI=1S/C7H7O3P/c1-9-6-2-4-7(5-3-6)10-11-8/h2-5H,1H3. The summed E-state index contributed by atoms with van der Waals surface area (Å²) in [5, 5.41) is 0. The summed E-state index contributed by atoms with van der Waals surface area (Å²) in [6, 6.07) is 6.84. The minimum atomic E-state index is -0.340. The second-order valence-electron chi connectivity index (χ2n) is 1.84. The van der Waals surface area contributed by atoms with Gasteiger partial charge in [0, 0.05) is 0 Å². The minimum Gasteiger partial charge on any atom is -0.497 e. The van der Waals surface area contributed by atoms with Crippen LogP contribution in [0.25, 0.3) is 0 Å². The molecule has 0 N–H and O–H groups in total. The van der Waals surface area contributed by atoms with Crippen LogP contribution in [0.4, 0.5) is 0 Å². The van der Waals surface area contributed by atoms with E-state index in [1.54, 1.807) is 31.4 Å². The van der Waals surface area contributed by atoms with E-state index in [-0.39, 0.29) is 8.69 Å². The van der Waals surface area contributed by atoms with Gasteiger partial charge in [0.25, 0.3) is 0 Å². The van der Waals surface area contributed by atoms with E-state index in [9.17, 15) is 4.57 Å². The van der Waals surface area contributed by atoms with Crippen molar-refractivity contribution in [3.63, 3.8) is 0 Å². The highest BCUT2D eigenvalue weighted by atomic mass is 31.1. The number of benzene rings is 1. The molecule has 0 bridgehead atoms. The molecule has 0 aliphatic heterocycles. The molecule has 3 nitrogen and oxygen atoms in total. The molecule has 4 heteroatoms. The highest BCUT2D eigenvalue weighted by Crippen LogP contribution is 2.19. The van der Waals surface area contributed by atoms with E-state index in [2.05, 4.69) is 4.52 Å². The zero-order valence-corrected chi connectivity index (χ0v) is 6.88. The molecule has 0 fully saturated rings. The third-order valence-corrected chi connectivity index (χ3v) is 1.49. The molecule has 1 aromatic rings. The Kier molecular flexibility index (Phi) is 2.87. The van der Waals surface area contributed by atoms with Crippen LogP contribution in [0.15, 0.2) is 24.3 Å². The van der Waals surface area contributed by atoms with E-state index in [4.69, 9.17) is 4.74 Å². The van der Waals surface area contributed by atoms with Crippen LogP contribution in [-0.4, -0.2) is 7.11 Å². The normalized spacial score (nSPS) is 9.55. The molecule has 1 rings (SSSR count). The Morgan fingerprint density at radius 1 is 1.18 bits per heavy atom. The van der Waals surface area contributed by atoms with E-state index in [0.29, 0.717) is 5.75 Å². The lowest BCUT2D eigenvalue weighted by molar-refractivity contribution is 0.414. The van der Waals surface area contributed by atoms with Gasteiger partial charge in [-0.1, -0.05) is 0 Å². The van der Waals surface area contributed by atoms with Gasteiger partial charge in [-0.15, -0.1) is 0 Å². The molecule has 0 radical (unpaired) electrons. The molecule has 0 atom stereocenters. The van der Waals surface area contributed by atoms with Crippen LogP contribution in [0.5, 0.6) is 11.5 Å². The maximum Gasteiger partial charge on any atom is 0.395 e. The molecular weight excluding hydrogens is 163 g/mol. The van der Waals surface area contributed by atoms with E-state index < -0.39 is 0 Å². The molecule has 58 valence electrons. The van der Waals surface area contributed by atoms with Crippen LogP contribution in [0, 0.1) is 0 Å². The van der Waals surface area contributed by atoms with Crippen molar-refractivity contribution in [1.82, 2.24) is 0 Å². The SMILES string of the molecule is COc1ccc(OP=O)cc1. The minimum absolute atomic E-state index is 0.340. The smallest absolute Gasteiger partial charge is 0.395 e. The summed E-state index contributed by atoms with van der Waals surface area (Å²) in [6.07, 6.45) is 0. The molecule has 11 heavy (non-hydrogen) atoms. The summed E-state index contributed by atoms with van der Waals surface area (Å²) in [4.78, 5) is 0. The summed E-state index contributed by atoms with van der Waals surface area (Å²) < 4.78 is 19.6. The molecule has 0 amide bonds. The van der Waals surface area contributed by atoms with Gasteiger partial charge < -0.3 is 9.26 Å². The summed E-state index contributed by atoms with van der Waals surface area (Å²) in [7, 11) is 1.24. The molecule has 0 saturated heterocycles. The van der Waals surface area contributed by atoms with Crippen molar-refractivity contribution >= 4 is 8.69 Å². The van der Waals surface area contributed by atoms with Crippen molar-refractivity contribution in [2.24, 2.45) is 0 Å². The molecule has 0 aromatic heterocycles. The summed E-state index contributed by atoms with van der Waals surface area (Å²) in [6.45, 7) is 0. The summed E-state index contributed by atoms with van der Waals surface area (Å²) in [5.41, 5.74) is 0. The van der Waals surface area contributed by atoms with E-state index in [1.807, 2.05) is 0 Å². The lowest BCUT2D eigenvalue weighted by atomic mass is 10.3. The first-order valence-electron chi connectivity index (χ1n) is 3.00. The second-order valence-corrected chi connectivity index (χ2v) is 2.17. The number of ether oxygens (including phenoxy) is 1. The fourth-order valence-electron chi connectivity index (χ4n) is 0.680. The average molecular weight is 170 g/mol. The summed E-state index contributed by atoms with van der Waals surface area (Å²) >= 11 is 0. The lowest BCUT2D eigenvalue weighted by Crippen LogP contribution is -1.81. The Labute approximate surface area is 66.2 Å². The van der Waals surface area contributed by atoms with Crippen LogP contribution >= 0.6 is 8.69 Å². The van der Waals surface area contributed by atoms with E-state index in [1.165, 1.54) is 0 Å². The van der Waals surface area contributed by atoms with Gasteiger partial charge in [0.15, 0.2) is 0 Å². The quantitative estimate of drug-likeness (QED) is 0.652. The predicted octanol–water partition coefficient (Wildman–Crippen LogP) is 2.28. The van der Waals surface area contributed by atoms with Gasteiger partial charge >= 0.3 is 8.69 Å². The first-order chi connectivity index (χ1) is 5.36. The molecule has 0 saturated carbocycles. The number of rotatable bonds is 3. The van der Waals surface area contributed by atoms with Gasteiger partial charge in [-0.05, 0) is 24.3 Å². The van der Waals surface area contributed by atoms with Gasteiger partial charge in [-0.25, -0.2) is 4.57 Å². The van der Waals surface area contributed by atoms with Crippen LogP contribution < -0.4 is 9.26 Å². The fourth-order valence-corrected chi connectivity index (χ4v) is 0.887. The zero-order valence-electron chi connectivity index (χ0n) is 5.98. The third-order valence-electron chi connectivity index (χ3n) is 1.20. The van der Waals surface area contributed by atoms with Crippen molar-refractivity contribution in [2.75, 3.05) is 7.11 Å². The van der Waals surface area contributed by atoms with Crippen molar-refractivity contribution in [3.8, 4) is 11.5 Å². The topological polar surface area (TPSA) is 35.5 Å². The van der Waals surface area contributed by atoms with Crippen LogP contribution in [0.3, 0.4) is 0 Å². The highest BCUT2D eigenvalue weighted by molar-refractivity contribution is 7.17. The number of hydrogen-bond donors (Lipinski definition) is 0. The maximum absolute atomic E-state index is 9.97. The van der Waals surface area contributed by atoms with Gasteiger partial charge in [0.1, 0.15) is 11.5 Å². The monoisotopic (exact) mass is 170 g/mol. The van der Waals surface area contributed by atoms with Gasteiger partial charge in [-0.3, -0.25) is 0 Å². The van der Waals surface area contributed by atoms with Crippen LogP contribution in [-0.2, 0) is 4.57 Å². The Hall–Kier alpha value is -1.08.